The van der Waals surface area contributed by atoms with Gasteiger partial charge in [-0.1, -0.05) is 30.3 Å². The number of benzene rings is 2. The van der Waals surface area contributed by atoms with Gasteiger partial charge in [-0.05, 0) is 35.7 Å². The molecule has 0 aromatic heterocycles. The van der Waals surface area contributed by atoms with Gasteiger partial charge in [-0.3, -0.25) is 9.59 Å². The SMILES string of the molecule is CC(=O)N1CCc2cc(C(=O)N3C[C@@H](N)[C@H](c4ccccc4)C3)ccc21. The Morgan fingerprint density at radius 3 is 2.58 bits per heavy atom. The third-order valence-electron chi connectivity index (χ3n) is 5.48. The van der Waals surface area contributed by atoms with Gasteiger partial charge >= 0.3 is 0 Å². The average Bonchev–Trinajstić information content (AvgIpc) is 3.25. The molecular weight excluding hydrogens is 326 g/mol. The lowest BCUT2D eigenvalue weighted by Gasteiger charge is -2.18. The second-order valence-corrected chi connectivity index (χ2v) is 7.16. The molecule has 0 aliphatic carbocycles. The van der Waals surface area contributed by atoms with Crippen LogP contribution in [-0.4, -0.2) is 42.4 Å². The molecule has 26 heavy (non-hydrogen) atoms. The maximum atomic E-state index is 13.0. The van der Waals surface area contributed by atoms with Gasteiger partial charge in [0.25, 0.3) is 5.91 Å². The number of likely N-dealkylation sites (tertiary alicyclic amines) is 1. The van der Waals surface area contributed by atoms with Crippen LogP contribution in [0.4, 0.5) is 5.69 Å². The fourth-order valence-corrected chi connectivity index (χ4v) is 4.09. The van der Waals surface area contributed by atoms with Crippen LogP contribution < -0.4 is 10.6 Å². The molecule has 1 saturated heterocycles. The Labute approximate surface area is 153 Å². The second-order valence-electron chi connectivity index (χ2n) is 7.16. The highest BCUT2D eigenvalue weighted by Crippen LogP contribution is 2.31. The van der Waals surface area contributed by atoms with Crippen molar-refractivity contribution in [3.8, 4) is 0 Å². The number of amides is 2. The Balaban J connectivity index is 1.53. The Bertz CT molecular complexity index is 850. The van der Waals surface area contributed by atoms with Crippen molar-refractivity contribution in [1.82, 2.24) is 4.90 Å². The summed E-state index contributed by atoms with van der Waals surface area (Å²) in [4.78, 5) is 28.3. The molecule has 0 bridgehead atoms. The first-order chi connectivity index (χ1) is 12.5. The summed E-state index contributed by atoms with van der Waals surface area (Å²) in [6.07, 6.45) is 0.794. The van der Waals surface area contributed by atoms with Crippen molar-refractivity contribution in [2.75, 3.05) is 24.5 Å². The maximum absolute atomic E-state index is 13.0. The fraction of sp³-hybridized carbons (Fsp3) is 0.333. The van der Waals surface area contributed by atoms with Gasteiger partial charge in [0.05, 0.1) is 0 Å². The van der Waals surface area contributed by atoms with E-state index >= 15 is 0 Å². The van der Waals surface area contributed by atoms with Gasteiger partial charge in [0.1, 0.15) is 0 Å². The highest BCUT2D eigenvalue weighted by atomic mass is 16.2. The van der Waals surface area contributed by atoms with Crippen LogP contribution in [0.2, 0.25) is 0 Å². The normalized spacial score (nSPS) is 21.8. The summed E-state index contributed by atoms with van der Waals surface area (Å²) < 4.78 is 0. The molecule has 2 aromatic rings. The molecule has 134 valence electrons. The summed E-state index contributed by atoms with van der Waals surface area (Å²) >= 11 is 0. The minimum atomic E-state index is -0.0519. The number of fused-ring (bicyclic) bond motifs is 1. The number of hydrogen-bond acceptors (Lipinski definition) is 3. The first kappa shape index (κ1) is 16.8. The zero-order valence-corrected chi connectivity index (χ0v) is 14.9. The van der Waals surface area contributed by atoms with E-state index < -0.39 is 0 Å². The van der Waals surface area contributed by atoms with Crippen molar-refractivity contribution in [2.45, 2.75) is 25.3 Å². The molecule has 2 atom stereocenters. The van der Waals surface area contributed by atoms with Crippen LogP contribution >= 0.6 is 0 Å². The van der Waals surface area contributed by atoms with Crippen LogP contribution in [0.15, 0.2) is 48.5 Å². The largest absolute Gasteiger partial charge is 0.336 e. The predicted octanol–water partition coefficient (Wildman–Crippen LogP) is 2.16. The van der Waals surface area contributed by atoms with Gasteiger partial charge < -0.3 is 15.5 Å². The average molecular weight is 349 g/mol. The molecule has 2 aliphatic heterocycles. The fourth-order valence-electron chi connectivity index (χ4n) is 4.09. The Kier molecular flexibility index (Phi) is 4.24. The minimum absolute atomic E-state index is 0.0166. The van der Waals surface area contributed by atoms with Crippen molar-refractivity contribution in [3.05, 3.63) is 65.2 Å². The smallest absolute Gasteiger partial charge is 0.253 e. The maximum Gasteiger partial charge on any atom is 0.253 e. The van der Waals surface area contributed by atoms with E-state index in [2.05, 4.69) is 12.1 Å². The predicted molar refractivity (Wildman–Crippen MR) is 101 cm³/mol. The summed E-state index contributed by atoms with van der Waals surface area (Å²) in [6, 6.07) is 15.7. The molecule has 2 heterocycles. The zero-order valence-electron chi connectivity index (χ0n) is 14.9. The molecule has 5 heteroatoms. The van der Waals surface area contributed by atoms with Crippen LogP contribution in [0, 0.1) is 0 Å². The van der Waals surface area contributed by atoms with Gasteiger partial charge in [0, 0.05) is 49.8 Å². The van der Waals surface area contributed by atoms with Crippen molar-refractivity contribution in [2.24, 2.45) is 5.73 Å². The summed E-state index contributed by atoms with van der Waals surface area (Å²) in [5, 5.41) is 0. The van der Waals surface area contributed by atoms with Crippen molar-refractivity contribution in [3.63, 3.8) is 0 Å². The lowest BCUT2D eigenvalue weighted by Crippen LogP contribution is -2.32. The number of anilines is 1. The van der Waals surface area contributed by atoms with E-state index in [0.29, 0.717) is 25.2 Å². The monoisotopic (exact) mass is 349 g/mol. The molecule has 0 unspecified atom stereocenters. The second kappa shape index (κ2) is 6.57. The van der Waals surface area contributed by atoms with E-state index in [9.17, 15) is 9.59 Å². The topological polar surface area (TPSA) is 66.6 Å². The molecule has 2 amide bonds. The summed E-state index contributed by atoms with van der Waals surface area (Å²) in [6.45, 7) is 3.46. The third kappa shape index (κ3) is 2.88. The molecule has 5 nitrogen and oxygen atoms in total. The first-order valence-electron chi connectivity index (χ1n) is 9.05. The van der Waals surface area contributed by atoms with E-state index in [1.165, 1.54) is 5.56 Å². The third-order valence-corrected chi connectivity index (χ3v) is 5.48. The van der Waals surface area contributed by atoms with E-state index in [-0.39, 0.29) is 23.8 Å². The number of rotatable bonds is 2. The van der Waals surface area contributed by atoms with Gasteiger partial charge in [0.15, 0.2) is 0 Å². The molecule has 0 spiro atoms. The summed E-state index contributed by atoms with van der Waals surface area (Å²) in [5.74, 6) is 0.227. The van der Waals surface area contributed by atoms with E-state index in [4.69, 9.17) is 5.73 Å². The molecular formula is C21H23N3O2. The molecule has 0 radical (unpaired) electrons. The van der Waals surface area contributed by atoms with Crippen molar-refractivity contribution >= 4 is 17.5 Å². The van der Waals surface area contributed by atoms with Crippen molar-refractivity contribution < 1.29 is 9.59 Å². The zero-order chi connectivity index (χ0) is 18.3. The minimum Gasteiger partial charge on any atom is -0.336 e. The molecule has 2 N–H and O–H groups in total. The molecule has 1 fully saturated rings. The summed E-state index contributed by atoms with van der Waals surface area (Å²) in [5.41, 5.74) is 10.2. The van der Waals surface area contributed by atoms with Crippen LogP contribution in [0.5, 0.6) is 0 Å². The van der Waals surface area contributed by atoms with E-state index in [0.717, 1.165) is 17.7 Å². The van der Waals surface area contributed by atoms with Crippen LogP contribution in [0.3, 0.4) is 0 Å². The lowest BCUT2D eigenvalue weighted by molar-refractivity contribution is -0.116. The van der Waals surface area contributed by atoms with Gasteiger partial charge in [-0.25, -0.2) is 0 Å². The summed E-state index contributed by atoms with van der Waals surface area (Å²) in [7, 11) is 0. The van der Waals surface area contributed by atoms with Crippen LogP contribution in [-0.2, 0) is 11.2 Å². The molecule has 2 aromatic carbocycles. The highest BCUT2D eigenvalue weighted by molar-refractivity contribution is 5.98. The number of carbonyl (C=O) groups excluding carboxylic acids is 2. The Morgan fingerprint density at radius 2 is 1.85 bits per heavy atom. The Hall–Kier alpha value is -2.66. The van der Waals surface area contributed by atoms with Gasteiger partial charge in [-0.15, -0.1) is 0 Å². The van der Waals surface area contributed by atoms with Gasteiger partial charge in [-0.2, -0.15) is 0 Å². The first-order valence-corrected chi connectivity index (χ1v) is 9.05. The Morgan fingerprint density at radius 1 is 1.08 bits per heavy atom. The van der Waals surface area contributed by atoms with Crippen molar-refractivity contribution in [1.29, 1.82) is 0 Å². The highest BCUT2D eigenvalue weighted by Gasteiger charge is 2.34. The molecule has 0 saturated carbocycles. The van der Waals surface area contributed by atoms with Crippen LogP contribution in [0.25, 0.3) is 0 Å². The number of carbonyl (C=O) groups is 2. The van der Waals surface area contributed by atoms with E-state index in [1.54, 1.807) is 11.8 Å². The number of nitrogens with zero attached hydrogens (tertiary/aromatic N) is 2. The molecule has 2 aliphatic rings. The van der Waals surface area contributed by atoms with E-state index in [1.807, 2.05) is 41.3 Å². The lowest BCUT2D eigenvalue weighted by atomic mass is 9.95. The number of hydrogen-bond donors (Lipinski definition) is 1. The number of nitrogens with two attached hydrogens (primary N) is 1. The standard InChI is InChI=1S/C21H23N3O2/c1-14(25)24-10-9-16-11-17(7-8-20(16)24)21(26)23-12-18(19(22)13-23)15-5-3-2-4-6-15/h2-8,11,18-19H,9-10,12-13,22H2,1H3/t18-,19+/m0/s1. The quantitative estimate of drug-likeness (QED) is 0.903. The molecule has 4 rings (SSSR count). The van der Waals surface area contributed by atoms with Crippen LogP contribution in [0.1, 0.15) is 34.3 Å². The van der Waals surface area contributed by atoms with Gasteiger partial charge in [0.2, 0.25) is 5.91 Å².